The number of hydrogen-bond acceptors (Lipinski definition) is 5. The number of nitrogens with one attached hydrogen (secondary N) is 2. The van der Waals surface area contributed by atoms with Crippen LogP contribution in [0.25, 0.3) is 0 Å². The Labute approximate surface area is 199 Å². The van der Waals surface area contributed by atoms with E-state index in [1.807, 2.05) is 13.8 Å². The Bertz CT molecular complexity index is 1110. The van der Waals surface area contributed by atoms with Gasteiger partial charge in [-0.25, -0.2) is 8.42 Å². The molecule has 2 aromatic carbocycles. The number of ether oxygens (including phenoxy) is 1. The van der Waals surface area contributed by atoms with Gasteiger partial charge in [-0.15, -0.1) is 0 Å². The van der Waals surface area contributed by atoms with E-state index < -0.39 is 27.9 Å². The van der Waals surface area contributed by atoms with Gasteiger partial charge in [-0.05, 0) is 61.2 Å². The molecule has 2 amide bonds. The first kappa shape index (κ1) is 25.0. The van der Waals surface area contributed by atoms with Crippen LogP contribution in [-0.4, -0.2) is 50.8 Å². The average Bonchev–Trinajstić information content (AvgIpc) is 3.34. The van der Waals surface area contributed by atoms with Crippen molar-refractivity contribution >= 4 is 39.1 Å². The second-order valence-electron chi connectivity index (χ2n) is 8.17. The Morgan fingerprint density at radius 2 is 1.70 bits per heavy atom. The second-order valence-corrected chi connectivity index (χ2v) is 10.5. The van der Waals surface area contributed by atoms with E-state index in [1.165, 1.54) is 29.6 Å². The van der Waals surface area contributed by atoms with E-state index in [4.69, 9.17) is 16.3 Å². The molecular formula is C23H28ClN3O5S. The Kier molecular flexibility index (Phi) is 7.99. The zero-order valence-electron chi connectivity index (χ0n) is 18.8. The number of sulfonamides is 1. The summed E-state index contributed by atoms with van der Waals surface area (Å²) in [5.41, 5.74) is 0.672. The van der Waals surface area contributed by atoms with Crippen LogP contribution in [0.15, 0.2) is 47.4 Å². The predicted molar refractivity (Wildman–Crippen MR) is 127 cm³/mol. The highest BCUT2D eigenvalue weighted by atomic mass is 35.5. The molecule has 0 aliphatic carbocycles. The maximum absolute atomic E-state index is 13.0. The van der Waals surface area contributed by atoms with Crippen LogP contribution >= 0.6 is 11.6 Å². The van der Waals surface area contributed by atoms with Crippen LogP contribution in [0, 0.1) is 5.92 Å². The summed E-state index contributed by atoms with van der Waals surface area (Å²) in [6.07, 6.45) is 1.61. The van der Waals surface area contributed by atoms with E-state index in [2.05, 4.69) is 10.6 Å². The van der Waals surface area contributed by atoms with Gasteiger partial charge in [-0.3, -0.25) is 9.59 Å². The maximum atomic E-state index is 13.0. The summed E-state index contributed by atoms with van der Waals surface area (Å²) in [4.78, 5) is 25.6. The lowest BCUT2D eigenvalue weighted by Gasteiger charge is -2.22. The van der Waals surface area contributed by atoms with Crippen molar-refractivity contribution in [3.05, 3.63) is 53.1 Å². The van der Waals surface area contributed by atoms with Gasteiger partial charge in [0.15, 0.2) is 0 Å². The molecule has 1 aliphatic rings. The highest BCUT2D eigenvalue weighted by Crippen LogP contribution is 2.29. The number of amides is 2. The van der Waals surface area contributed by atoms with E-state index in [9.17, 15) is 18.0 Å². The first-order valence-electron chi connectivity index (χ1n) is 10.7. The van der Waals surface area contributed by atoms with Crippen LogP contribution in [0.4, 0.5) is 5.69 Å². The average molecular weight is 494 g/mol. The predicted octanol–water partition coefficient (Wildman–Crippen LogP) is 3.53. The largest absolute Gasteiger partial charge is 0.497 e. The van der Waals surface area contributed by atoms with Crippen LogP contribution < -0.4 is 15.4 Å². The molecule has 0 bridgehead atoms. The van der Waals surface area contributed by atoms with Gasteiger partial charge in [0.05, 0.1) is 12.1 Å². The lowest BCUT2D eigenvalue weighted by molar-refractivity contribution is -0.118. The zero-order chi connectivity index (χ0) is 24.2. The van der Waals surface area contributed by atoms with Crippen LogP contribution in [0.1, 0.15) is 37.0 Å². The molecular weight excluding hydrogens is 466 g/mol. The molecule has 2 N–H and O–H groups in total. The Morgan fingerprint density at radius 1 is 1.06 bits per heavy atom. The number of benzene rings is 2. The molecule has 0 aromatic heterocycles. The number of carbonyl (C=O) groups excluding carboxylic acids is 2. The van der Waals surface area contributed by atoms with E-state index in [0.717, 1.165) is 12.8 Å². The lowest BCUT2D eigenvalue weighted by Crippen LogP contribution is -2.47. The first-order chi connectivity index (χ1) is 15.6. The van der Waals surface area contributed by atoms with Gasteiger partial charge in [-0.1, -0.05) is 25.4 Å². The fraction of sp³-hybridized carbons (Fsp3) is 0.391. The smallest absolute Gasteiger partial charge is 0.251 e. The molecule has 1 saturated heterocycles. The summed E-state index contributed by atoms with van der Waals surface area (Å²) in [5.74, 6) is -0.460. The zero-order valence-corrected chi connectivity index (χ0v) is 20.4. The van der Waals surface area contributed by atoms with Crippen LogP contribution in [-0.2, 0) is 14.8 Å². The quantitative estimate of drug-likeness (QED) is 0.585. The molecule has 1 atom stereocenters. The molecule has 33 heavy (non-hydrogen) atoms. The molecule has 1 unspecified atom stereocenters. The van der Waals surface area contributed by atoms with E-state index in [-0.39, 0.29) is 21.5 Å². The summed E-state index contributed by atoms with van der Waals surface area (Å²) in [5, 5.41) is 5.55. The third-order valence-electron chi connectivity index (χ3n) is 5.47. The topological polar surface area (TPSA) is 105 Å². The van der Waals surface area contributed by atoms with Crippen molar-refractivity contribution in [2.45, 2.75) is 37.6 Å². The molecule has 0 radical (unpaired) electrons. The molecule has 2 aromatic rings. The number of halogens is 1. The summed E-state index contributed by atoms with van der Waals surface area (Å²) < 4.78 is 32.4. The van der Waals surface area contributed by atoms with Crippen molar-refractivity contribution in [3.8, 4) is 5.75 Å². The summed E-state index contributed by atoms with van der Waals surface area (Å²) >= 11 is 6.18. The minimum atomic E-state index is -3.75. The molecule has 0 spiro atoms. The van der Waals surface area contributed by atoms with Gasteiger partial charge in [0.1, 0.15) is 16.7 Å². The van der Waals surface area contributed by atoms with Crippen molar-refractivity contribution in [1.82, 2.24) is 9.62 Å². The van der Waals surface area contributed by atoms with Crippen molar-refractivity contribution in [3.63, 3.8) is 0 Å². The van der Waals surface area contributed by atoms with Gasteiger partial charge < -0.3 is 15.4 Å². The fourth-order valence-corrected chi connectivity index (χ4v) is 5.59. The van der Waals surface area contributed by atoms with Crippen LogP contribution in [0.5, 0.6) is 5.75 Å². The monoisotopic (exact) mass is 493 g/mol. The summed E-state index contributed by atoms with van der Waals surface area (Å²) in [6.45, 7) is 4.51. The number of nitrogens with zero attached hydrogens (tertiary/aromatic N) is 1. The van der Waals surface area contributed by atoms with Crippen molar-refractivity contribution < 1.29 is 22.7 Å². The molecule has 178 valence electrons. The lowest BCUT2D eigenvalue weighted by atomic mass is 10.0. The van der Waals surface area contributed by atoms with Crippen LogP contribution in [0.2, 0.25) is 5.02 Å². The number of anilines is 1. The second kappa shape index (κ2) is 10.5. The minimum absolute atomic E-state index is 0.0489. The SMILES string of the molecule is COc1ccc(C(=O)NC(C(=O)Nc2ccc(Cl)c(S(=O)(=O)N3CCCC3)c2)C(C)C)cc1. The molecule has 10 heteroatoms. The van der Waals surface area contributed by atoms with E-state index in [1.54, 1.807) is 24.3 Å². The third-order valence-corrected chi connectivity index (χ3v) is 7.85. The number of carbonyl (C=O) groups is 2. The molecule has 1 heterocycles. The first-order valence-corrected chi connectivity index (χ1v) is 12.5. The molecule has 3 rings (SSSR count). The Morgan fingerprint density at radius 3 is 2.27 bits per heavy atom. The highest BCUT2D eigenvalue weighted by molar-refractivity contribution is 7.89. The van der Waals surface area contributed by atoms with E-state index in [0.29, 0.717) is 24.4 Å². The molecule has 8 nitrogen and oxygen atoms in total. The maximum Gasteiger partial charge on any atom is 0.251 e. The molecule has 1 fully saturated rings. The number of methoxy groups -OCH3 is 1. The summed E-state index contributed by atoms with van der Waals surface area (Å²) in [6, 6.07) is 10.0. The third kappa shape index (κ3) is 5.85. The van der Waals surface area contributed by atoms with Gasteiger partial charge in [-0.2, -0.15) is 4.31 Å². The van der Waals surface area contributed by atoms with Gasteiger partial charge in [0.2, 0.25) is 15.9 Å². The normalized spacial score (nSPS) is 15.3. The van der Waals surface area contributed by atoms with Gasteiger partial charge in [0.25, 0.3) is 5.91 Å². The summed E-state index contributed by atoms with van der Waals surface area (Å²) in [7, 11) is -2.22. The van der Waals surface area contributed by atoms with Gasteiger partial charge >= 0.3 is 0 Å². The Hall–Kier alpha value is -2.62. The van der Waals surface area contributed by atoms with Crippen molar-refractivity contribution in [1.29, 1.82) is 0 Å². The van der Waals surface area contributed by atoms with Gasteiger partial charge in [0, 0.05) is 24.3 Å². The number of rotatable bonds is 8. The van der Waals surface area contributed by atoms with Crippen molar-refractivity contribution in [2.75, 3.05) is 25.5 Å². The molecule has 1 aliphatic heterocycles. The van der Waals surface area contributed by atoms with Crippen LogP contribution in [0.3, 0.4) is 0 Å². The standard InChI is InChI=1S/C23H28ClN3O5S/c1-15(2)21(26-22(28)16-6-9-18(32-3)10-7-16)23(29)25-17-8-11-19(24)20(14-17)33(30,31)27-12-4-5-13-27/h6-11,14-15,21H,4-5,12-13H2,1-3H3,(H,25,29)(H,26,28). The Balaban J connectivity index is 1.76. The van der Waals surface area contributed by atoms with E-state index >= 15 is 0 Å². The van der Waals surface area contributed by atoms with Crippen molar-refractivity contribution in [2.24, 2.45) is 5.92 Å². The number of hydrogen-bond donors (Lipinski definition) is 2. The highest BCUT2D eigenvalue weighted by Gasteiger charge is 2.30. The molecule has 0 saturated carbocycles. The fourth-order valence-electron chi connectivity index (χ4n) is 3.57. The minimum Gasteiger partial charge on any atom is -0.497 e.